The molecule has 1 aromatic heterocycles. The van der Waals surface area contributed by atoms with Gasteiger partial charge in [0.2, 0.25) is 0 Å². The van der Waals surface area contributed by atoms with E-state index in [0.29, 0.717) is 12.2 Å². The van der Waals surface area contributed by atoms with Gasteiger partial charge in [-0.1, -0.05) is 31.0 Å². The number of nitrogens with one attached hydrogen (secondary N) is 1. The van der Waals surface area contributed by atoms with Gasteiger partial charge in [-0.15, -0.1) is 0 Å². The average Bonchev–Trinajstić information content (AvgIpc) is 3.25. The monoisotopic (exact) mass is 453 g/mol. The van der Waals surface area contributed by atoms with Crippen LogP contribution in [-0.4, -0.2) is 50.0 Å². The Morgan fingerprint density at radius 3 is 2.76 bits per heavy atom. The zero-order chi connectivity index (χ0) is 22.7. The number of halogens is 1. The highest BCUT2D eigenvalue weighted by molar-refractivity contribution is 5.57. The molecule has 1 unspecified atom stereocenters. The smallest absolute Gasteiger partial charge is 0.146 e. The molecule has 2 aliphatic heterocycles. The molecular weight excluding hydrogens is 417 g/mol. The molecule has 1 aliphatic carbocycles. The summed E-state index contributed by atoms with van der Waals surface area (Å²) >= 11 is 0. The molecule has 1 atom stereocenters. The Balaban J connectivity index is 1.27. The fourth-order valence-electron chi connectivity index (χ4n) is 6.17. The number of methoxy groups -OCH3 is 1. The molecule has 0 bridgehead atoms. The van der Waals surface area contributed by atoms with Crippen LogP contribution in [0.4, 0.5) is 10.1 Å². The van der Waals surface area contributed by atoms with E-state index < -0.39 is 0 Å². The molecule has 1 N–H and O–H groups in total. The molecule has 1 saturated carbocycles. The Hall–Kier alpha value is -2.02. The molecule has 1 aromatic carbocycles. The second-order valence-corrected chi connectivity index (χ2v) is 10.1. The van der Waals surface area contributed by atoms with E-state index in [4.69, 9.17) is 14.5 Å². The molecule has 33 heavy (non-hydrogen) atoms. The topological polar surface area (TPSA) is 46.6 Å². The Labute approximate surface area is 196 Å². The van der Waals surface area contributed by atoms with E-state index in [1.54, 1.807) is 19.2 Å². The maximum absolute atomic E-state index is 14.7. The largest absolute Gasteiger partial charge is 0.378 e. The fourth-order valence-corrected chi connectivity index (χ4v) is 6.17. The molecule has 0 amide bonds. The Bertz CT molecular complexity index is 928. The SMILES string of the molecule is COC1CN(c2c(F)cccc2CNCCC2(c3ccccn3)CCOC3(CCCC3)C2)C1. The third kappa shape index (κ3) is 4.66. The predicted molar refractivity (Wildman–Crippen MR) is 128 cm³/mol. The summed E-state index contributed by atoms with van der Waals surface area (Å²) in [4.78, 5) is 6.88. The van der Waals surface area contributed by atoms with E-state index >= 15 is 0 Å². The normalized spacial score (nSPS) is 24.8. The number of pyridine rings is 1. The lowest BCUT2D eigenvalue weighted by Gasteiger charge is -2.46. The quantitative estimate of drug-likeness (QED) is 0.592. The van der Waals surface area contributed by atoms with E-state index in [2.05, 4.69) is 22.3 Å². The molecular formula is C27H36FN3O2. The van der Waals surface area contributed by atoms with Crippen LogP contribution in [0.15, 0.2) is 42.6 Å². The molecule has 3 heterocycles. The van der Waals surface area contributed by atoms with Crippen LogP contribution < -0.4 is 10.2 Å². The minimum absolute atomic E-state index is 0.0287. The summed E-state index contributed by atoms with van der Waals surface area (Å²) < 4.78 is 26.4. The number of nitrogens with zero attached hydrogens (tertiary/aromatic N) is 2. The first-order valence-corrected chi connectivity index (χ1v) is 12.4. The van der Waals surface area contributed by atoms with Crippen molar-refractivity contribution >= 4 is 5.69 Å². The van der Waals surface area contributed by atoms with Gasteiger partial charge in [-0.3, -0.25) is 4.98 Å². The molecule has 3 fully saturated rings. The van der Waals surface area contributed by atoms with E-state index in [0.717, 1.165) is 51.1 Å². The van der Waals surface area contributed by atoms with Crippen molar-refractivity contribution in [1.82, 2.24) is 10.3 Å². The van der Waals surface area contributed by atoms with E-state index in [1.807, 2.05) is 18.3 Å². The van der Waals surface area contributed by atoms with Gasteiger partial charge in [0.1, 0.15) is 5.82 Å². The predicted octanol–water partition coefficient (Wildman–Crippen LogP) is 4.60. The number of benzene rings is 1. The maximum atomic E-state index is 14.7. The number of anilines is 1. The molecule has 6 heteroatoms. The van der Waals surface area contributed by atoms with Crippen LogP contribution in [0.5, 0.6) is 0 Å². The van der Waals surface area contributed by atoms with Gasteiger partial charge >= 0.3 is 0 Å². The summed E-state index contributed by atoms with van der Waals surface area (Å²) in [6, 6.07) is 11.7. The Morgan fingerprint density at radius 1 is 1.15 bits per heavy atom. The summed E-state index contributed by atoms with van der Waals surface area (Å²) in [5.74, 6) is -0.151. The standard InChI is InChI=1S/C27H36FN3O2/c1-32-22-18-31(19-22)25-21(7-6-8-23(25)28)17-29-15-12-26(24-9-2-5-14-30-24)13-16-33-27(20-26)10-3-4-11-27/h2,5-9,14,22,29H,3-4,10-13,15-20H2,1H3. The van der Waals surface area contributed by atoms with Crippen molar-refractivity contribution in [2.75, 3.05) is 38.3 Å². The van der Waals surface area contributed by atoms with E-state index in [1.165, 1.54) is 31.4 Å². The molecule has 1 spiro atoms. The van der Waals surface area contributed by atoms with Gasteiger partial charge in [-0.2, -0.15) is 0 Å². The van der Waals surface area contributed by atoms with Gasteiger partial charge in [-0.05, 0) is 62.4 Å². The van der Waals surface area contributed by atoms with Crippen LogP contribution in [0.25, 0.3) is 0 Å². The summed E-state index contributed by atoms with van der Waals surface area (Å²) in [6.07, 6.45) is 10.0. The summed E-state index contributed by atoms with van der Waals surface area (Å²) in [6.45, 7) is 3.81. The molecule has 178 valence electrons. The van der Waals surface area contributed by atoms with Gasteiger partial charge < -0.3 is 19.7 Å². The summed E-state index contributed by atoms with van der Waals surface area (Å²) in [7, 11) is 1.72. The van der Waals surface area contributed by atoms with Crippen molar-refractivity contribution in [3.05, 3.63) is 59.7 Å². The second kappa shape index (κ2) is 9.69. The van der Waals surface area contributed by atoms with E-state index in [-0.39, 0.29) is 22.9 Å². The summed E-state index contributed by atoms with van der Waals surface area (Å²) in [5, 5.41) is 3.63. The molecule has 2 saturated heterocycles. The molecule has 0 radical (unpaired) electrons. The van der Waals surface area contributed by atoms with Crippen molar-refractivity contribution in [2.24, 2.45) is 0 Å². The lowest BCUT2D eigenvalue weighted by Crippen LogP contribution is -2.52. The Morgan fingerprint density at radius 2 is 2.00 bits per heavy atom. The minimum atomic E-state index is -0.151. The number of rotatable bonds is 8. The molecule has 3 aliphatic rings. The van der Waals surface area contributed by atoms with Crippen LogP contribution in [0.1, 0.15) is 56.2 Å². The van der Waals surface area contributed by atoms with Gasteiger partial charge in [0, 0.05) is 50.7 Å². The first kappa shape index (κ1) is 22.8. The molecule has 5 nitrogen and oxygen atoms in total. The van der Waals surface area contributed by atoms with Crippen molar-refractivity contribution in [2.45, 2.75) is 68.6 Å². The van der Waals surface area contributed by atoms with Crippen molar-refractivity contribution in [3.8, 4) is 0 Å². The minimum Gasteiger partial charge on any atom is -0.378 e. The van der Waals surface area contributed by atoms with Crippen LogP contribution >= 0.6 is 0 Å². The van der Waals surface area contributed by atoms with Crippen molar-refractivity contribution in [1.29, 1.82) is 0 Å². The third-order valence-electron chi connectivity index (χ3n) is 8.04. The number of hydrogen-bond acceptors (Lipinski definition) is 5. The third-order valence-corrected chi connectivity index (χ3v) is 8.04. The van der Waals surface area contributed by atoms with Crippen LogP contribution in [0.2, 0.25) is 0 Å². The molecule has 5 rings (SSSR count). The Kier molecular flexibility index (Phi) is 6.68. The van der Waals surface area contributed by atoms with Crippen LogP contribution in [-0.2, 0) is 21.4 Å². The highest BCUT2D eigenvalue weighted by atomic mass is 19.1. The summed E-state index contributed by atoms with van der Waals surface area (Å²) in [5.41, 5.74) is 2.98. The zero-order valence-corrected chi connectivity index (χ0v) is 19.7. The number of para-hydroxylation sites is 1. The number of ether oxygens (including phenoxy) is 2. The average molecular weight is 454 g/mol. The first-order valence-electron chi connectivity index (χ1n) is 12.4. The van der Waals surface area contributed by atoms with Gasteiger partial charge in [-0.25, -0.2) is 4.39 Å². The second-order valence-electron chi connectivity index (χ2n) is 10.1. The van der Waals surface area contributed by atoms with Gasteiger partial charge in [0.05, 0.1) is 17.4 Å². The maximum Gasteiger partial charge on any atom is 0.146 e. The lowest BCUT2D eigenvalue weighted by molar-refractivity contribution is -0.104. The first-order chi connectivity index (χ1) is 16.1. The van der Waals surface area contributed by atoms with Crippen LogP contribution in [0, 0.1) is 5.82 Å². The fraction of sp³-hybridized carbons (Fsp3) is 0.593. The molecule has 2 aromatic rings. The van der Waals surface area contributed by atoms with Crippen molar-refractivity contribution in [3.63, 3.8) is 0 Å². The van der Waals surface area contributed by atoms with Crippen molar-refractivity contribution < 1.29 is 13.9 Å². The highest BCUT2D eigenvalue weighted by Crippen LogP contribution is 2.49. The van der Waals surface area contributed by atoms with Gasteiger partial charge in [0.15, 0.2) is 0 Å². The number of hydrogen-bond donors (Lipinski definition) is 1. The van der Waals surface area contributed by atoms with Crippen LogP contribution in [0.3, 0.4) is 0 Å². The van der Waals surface area contributed by atoms with E-state index in [9.17, 15) is 4.39 Å². The number of aromatic nitrogens is 1. The van der Waals surface area contributed by atoms with Gasteiger partial charge in [0.25, 0.3) is 0 Å². The lowest BCUT2D eigenvalue weighted by atomic mass is 9.68. The highest BCUT2D eigenvalue weighted by Gasteiger charge is 2.48. The zero-order valence-electron chi connectivity index (χ0n) is 19.7.